The summed E-state index contributed by atoms with van der Waals surface area (Å²) < 4.78 is 43.0. The number of carbonyl (C=O) groups excluding carboxylic acids is 1. The molecule has 2 N–H and O–H groups in total. The highest BCUT2D eigenvalue weighted by molar-refractivity contribution is 7.92. The minimum absolute atomic E-state index is 0.0426. The largest absolute Gasteiger partial charge is 0.345 e. The third-order valence-corrected chi connectivity index (χ3v) is 7.04. The number of rotatable bonds is 6. The Balaban J connectivity index is 1.50. The molecule has 1 amide bonds. The first-order valence-electron chi connectivity index (χ1n) is 10.1. The van der Waals surface area contributed by atoms with Crippen molar-refractivity contribution in [2.24, 2.45) is 0 Å². The first-order valence-corrected chi connectivity index (χ1v) is 12.0. The van der Waals surface area contributed by atoms with E-state index in [-0.39, 0.29) is 27.7 Å². The minimum atomic E-state index is -4.10. The monoisotopic (exact) mass is 477 g/mol. The molecule has 0 unspecified atom stereocenters. The quantitative estimate of drug-likeness (QED) is 0.565. The highest BCUT2D eigenvalue weighted by atomic mass is 35.5. The summed E-state index contributed by atoms with van der Waals surface area (Å²) in [5.74, 6) is 0.619. The van der Waals surface area contributed by atoms with Gasteiger partial charge in [0.2, 0.25) is 0 Å². The van der Waals surface area contributed by atoms with Crippen LogP contribution in [0, 0.1) is 5.82 Å². The van der Waals surface area contributed by atoms with E-state index < -0.39 is 21.7 Å². The van der Waals surface area contributed by atoms with Crippen molar-refractivity contribution in [1.82, 2.24) is 20.1 Å². The number of aromatic nitrogens is 3. The third-order valence-electron chi connectivity index (χ3n) is 5.17. The van der Waals surface area contributed by atoms with Gasteiger partial charge < -0.3 is 9.88 Å². The van der Waals surface area contributed by atoms with Crippen LogP contribution in [0.1, 0.15) is 41.3 Å². The Labute approximate surface area is 189 Å². The van der Waals surface area contributed by atoms with Crippen LogP contribution in [0.4, 0.5) is 10.1 Å². The second-order valence-corrected chi connectivity index (χ2v) is 9.49. The van der Waals surface area contributed by atoms with Crippen molar-refractivity contribution < 1.29 is 17.6 Å². The lowest BCUT2D eigenvalue weighted by atomic mass is 10.2. The Morgan fingerprint density at radius 3 is 2.66 bits per heavy atom. The molecule has 0 spiro atoms. The maximum Gasteiger partial charge on any atom is 0.263 e. The van der Waals surface area contributed by atoms with E-state index in [9.17, 15) is 17.6 Å². The van der Waals surface area contributed by atoms with Gasteiger partial charge in [-0.3, -0.25) is 9.52 Å². The number of benzene rings is 2. The molecule has 2 heterocycles. The Morgan fingerprint density at radius 1 is 1.09 bits per heavy atom. The number of anilines is 1. The number of hydrogen-bond donors (Lipinski definition) is 2. The van der Waals surface area contributed by atoms with E-state index in [1.807, 2.05) is 4.57 Å². The Kier molecular flexibility index (Phi) is 6.43. The number of carbonyl (C=O) groups is 1. The Hall–Kier alpha value is -2.98. The van der Waals surface area contributed by atoms with E-state index in [0.717, 1.165) is 50.2 Å². The molecular formula is C21H21ClFN5O3S. The van der Waals surface area contributed by atoms with E-state index >= 15 is 0 Å². The van der Waals surface area contributed by atoms with Crippen LogP contribution in [0.3, 0.4) is 0 Å². The van der Waals surface area contributed by atoms with Gasteiger partial charge in [-0.2, -0.15) is 0 Å². The van der Waals surface area contributed by atoms with Crippen molar-refractivity contribution in [2.45, 2.75) is 43.7 Å². The zero-order valence-corrected chi connectivity index (χ0v) is 18.6. The first kappa shape index (κ1) is 22.2. The van der Waals surface area contributed by atoms with Crippen molar-refractivity contribution >= 4 is 33.2 Å². The van der Waals surface area contributed by atoms with Crippen molar-refractivity contribution in [3.63, 3.8) is 0 Å². The van der Waals surface area contributed by atoms with Crippen LogP contribution >= 0.6 is 11.6 Å². The second kappa shape index (κ2) is 9.25. The SMILES string of the molecule is O=C(NCc1nnc2n1CCCCC2)c1ccc(Cl)c(S(=O)(=O)Nc2ccc(F)cc2)c1. The van der Waals surface area contributed by atoms with Crippen molar-refractivity contribution in [3.8, 4) is 0 Å². The van der Waals surface area contributed by atoms with E-state index in [0.29, 0.717) is 5.82 Å². The summed E-state index contributed by atoms with van der Waals surface area (Å²) >= 11 is 6.10. The van der Waals surface area contributed by atoms with Crippen LogP contribution in [0.5, 0.6) is 0 Å². The summed E-state index contributed by atoms with van der Waals surface area (Å²) in [4.78, 5) is 12.4. The van der Waals surface area contributed by atoms with Gasteiger partial charge in [-0.25, -0.2) is 12.8 Å². The molecule has 0 aliphatic carbocycles. The molecule has 0 radical (unpaired) electrons. The van der Waals surface area contributed by atoms with Gasteiger partial charge in [0.25, 0.3) is 15.9 Å². The summed E-state index contributed by atoms with van der Waals surface area (Å²) in [6.45, 7) is 0.982. The first-order chi connectivity index (χ1) is 15.3. The lowest BCUT2D eigenvalue weighted by Crippen LogP contribution is -2.25. The van der Waals surface area contributed by atoms with E-state index in [2.05, 4.69) is 20.2 Å². The number of nitrogens with one attached hydrogen (secondary N) is 2. The predicted molar refractivity (Wildman–Crippen MR) is 117 cm³/mol. The minimum Gasteiger partial charge on any atom is -0.345 e. The number of aryl methyl sites for hydroxylation is 1. The van der Waals surface area contributed by atoms with Crippen LogP contribution in [0.2, 0.25) is 5.02 Å². The van der Waals surface area contributed by atoms with Crippen molar-refractivity contribution in [3.05, 3.63) is 70.5 Å². The Morgan fingerprint density at radius 2 is 1.88 bits per heavy atom. The number of halogens is 2. The van der Waals surface area contributed by atoms with E-state index in [1.54, 1.807) is 0 Å². The van der Waals surface area contributed by atoms with Gasteiger partial charge >= 0.3 is 0 Å². The second-order valence-electron chi connectivity index (χ2n) is 7.44. The van der Waals surface area contributed by atoms with Crippen LogP contribution in [0.25, 0.3) is 0 Å². The molecule has 1 aromatic heterocycles. The highest BCUT2D eigenvalue weighted by Crippen LogP contribution is 2.25. The molecule has 168 valence electrons. The zero-order valence-electron chi connectivity index (χ0n) is 17.0. The zero-order chi connectivity index (χ0) is 22.7. The average molecular weight is 478 g/mol. The van der Waals surface area contributed by atoms with Gasteiger partial charge in [-0.05, 0) is 55.3 Å². The smallest absolute Gasteiger partial charge is 0.263 e. The number of amides is 1. The maximum absolute atomic E-state index is 13.1. The molecular weight excluding hydrogens is 457 g/mol. The fourth-order valence-electron chi connectivity index (χ4n) is 3.52. The van der Waals surface area contributed by atoms with E-state index in [1.165, 1.54) is 30.3 Å². The number of sulfonamides is 1. The normalized spacial score (nSPS) is 13.8. The van der Waals surface area contributed by atoms with Gasteiger partial charge in [0.15, 0.2) is 5.82 Å². The number of hydrogen-bond acceptors (Lipinski definition) is 5. The fourth-order valence-corrected chi connectivity index (χ4v) is 5.10. The van der Waals surface area contributed by atoms with Crippen LogP contribution < -0.4 is 10.0 Å². The van der Waals surface area contributed by atoms with Crippen molar-refractivity contribution in [2.75, 3.05) is 4.72 Å². The molecule has 0 atom stereocenters. The molecule has 0 fully saturated rings. The third kappa shape index (κ3) is 4.91. The molecule has 8 nitrogen and oxygen atoms in total. The van der Waals surface area contributed by atoms with Gasteiger partial charge in [-0.1, -0.05) is 18.0 Å². The lowest BCUT2D eigenvalue weighted by Gasteiger charge is -2.12. The van der Waals surface area contributed by atoms with Gasteiger partial charge in [-0.15, -0.1) is 10.2 Å². The van der Waals surface area contributed by atoms with Gasteiger partial charge in [0, 0.05) is 24.2 Å². The molecule has 3 aromatic rings. The molecule has 2 aromatic carbocycles. The molecule has 0 bridgehead atoms. The van der Waals surface area contributed by atoms with Gasteiger partial charge in [0.1, 0.15) is 16.5 Å². The highest BCUT2D eigenvalue weighted by Gasteiger charge is 2.21. The van der Waals surface area contributed by atoms with Crippen LogP contribution in [-0.4, -0.2) is 29.1 Å². The molecule has 4 rings (SSSR count). The number of fused-ring (bicyclic) bond motifs is 1. The summed E-state index contributed by atoms with van der Waals surface area (Å²) in [6, 6.07) is 8.84. The molecule has 1 aliphatic rings. The van der Waals surface area contributed by atoms with Gasteiger partial charge in [0.05, 0.1) is 11.6 Å². The van der Waals surface area contributed by atoms with E-state index in [4.69, 9.17) is 11.6 Å². The molecule has 11 heteroatoms. The lowest BCUT2D eigenvalue weighted by molar-refractivity contribution is 0.0949. The summed E-state index contributed by atoms with van der Waals surface area (Å²) in [7, 11) is -4.10. The predicted octanol–water partition coefficient (Wildman–Crippen LogP) is 3.53. The van der Waals surface area contributed by atoms with Crippen molar-refractivity contribution in [1.29, 1.82) is 0 Å². The molecule has 1 aliphatic heterocycles. The fraction of sp³-hybridized carbons (Fsp3) is 0.286. The number of nitrogens with zero attached hydrogens (tertiary/aromatic N) is 3. The van der Waals surface area contributed by atoms with Crippen LogP contribution in [0.15, 0.2) is 47.4 Å². The molecule has 0 saturated carbocycles. The topological polar surface area (TPSA) is 106 Å². The molecule has 0 saturated heterocycles. The molecule has 32 heavy (non-hydrogen) atoms. The maximum atomic E-state index is 13.1. The summed E-state index contributed by atoms with van der Waals surface area (Å²) in [5.41, 5.74) is 0.300. The Bertz CT molecular complexity index is 1240. The average Bonchev–Trinajstić information content (AvgIpc) is 2.99. The standard InChI is InChI=1S/C21H21ClFN5O3S/c22-17-10-5-14(12-18(17)32(30,31)27-16-8-6-15(23)7-9-16)21(29)24-13-20-26-25-19-4-2-1-3-11-28(19)20/h5-10,12,27H,1-4,11,13H2,(H,24,29). The summed E-state index contributed by atoms with van der Waals surface area (Å²) in [6.07, 6.45) is 4.09. The van der Waals surface area contributed by atoms with Crippen LogP contribution in [-0.2, 0) is 29.5 Å². The summed E-state index contributed by atoms with van der Waals surface area (Å²) in [5, 5.41) is 11.1.